The first-order valence-electron chi connectivity index (χ1n) is 11.2. The van der Waals surface area contributed by atoms with Crippen LogP contribution in [0.1, 0.15) is 52.9 Å². The van der Waals surface area contributed by atoms with Gasteiger partial charge in [-0.05, 0) is 44.5 Å². The van der Waals surface area contributed by atoms with E-state index >= 15 is 0 Å². The number of carbonyl (C=O) groups excluding carboxylic acids is 1. The first-order chi connectivity index (χ1) is 14.8. The van der Waals surface area contributed by atoms with Crippen molar-refractivity contribution in [2.75, 3.05) is 44.7 Å². The Morgan fingerprint density at radius 3 is 2.58 bits per heavy atom. The molecule has 1 amide bonds. The third kappa shape index (κ3) is 7.71. The Morgan fingerprint density at radius 2 is 1.94 bits per heavy atom. The Morgan fingerprint density at radius 1 is 1.23 bits per heavy atom. The van der Waals surface area contributed by atoms with Crippen molar-refractivity contribution in [2.24, 2.45) is 0 Å². The van der Waals surface area contributed by atoms with Crippen LogP contribution in [0, 0.1) is 0 Å². The number of anilines is 1. The maximum absolute atomic E-state index is 12.9. The first kappa shape index (κ1) is 26.1. The second kappa shape index (κ2) is 12.7. The molecule has 0 spiro atoms. The lowest BCUT2D eigenvalue weighted by Crippen LogP contribution is -2.41. The highest BCUT2D eigenvalue weighted by molar-refractivity contribution is 7.89. The van der Waals surface area contributed by atoms with Crippen molar-refractivity contribution < 1.29 is 17.9 Å². The van der Waals surface area contributed by atoms with Gasteiger partial charge in [-0.2, -0.15) is 4.31 Å². The number of nitrogens with one attached hydrogen (secondary N) is 1. The molecule has 1 saturated heterocycles. The number of unbranched alkanes of at least 4 members (excludes halogenated alkanes) is 2. The summed E-state index contributed by atoms with van der Waals surface area (Å²) in [4.78, 5) is 15.1. The summed E-state index contributed by atoms with van der Waals surface area (Å²) in [6, 6.07) is 4.74. The molecule has 0 aromatic heterocycles. The lowest BCUT2D eigenvalue weighted by atomic mass is 10.1. The highest BCUT2D eigenvalue weighted by Crippen LogP contribution is 2.27. The van der Waals surface area contributed by atoms with Gasteiger partial charge in [-0.3, -0.25) is 9.69 Å². The molecule has 1 aliphatic rings. The highest BCUT2D eigenvalue weighted by Gasteiger charge is 2.27. The fourth-order valence-corrected chi connectivity index (χ4v) is 5.29. The summed E-state index contributed by atoms with van der Waals surface area (Å²) in [5, 5.41) is 3.14. The topological polar surface area (TPSA) is 79.0 Å². The first-order valence-corrected chi connectivity index (χ1v) is 13.0. The summed E-state index contributed by atoms with van der Waals surface area (Å²) < 4.78 is 32.5. The molecule has 1 aromatic carbocycles. The normalized spacial score (nSPS) is 16.4. The predicted molar refractivity (Wildman–Crippen MR) is 125 cm³/mol. The Labute approximate surface area is 192 Å². The quantitative estimate of drug-likeness (QED) is 0.464. The van der Waals surface area contributed by atoms with Crippen LogP contribution in [0.4, 0.5) is 5.69 Å². The van der Waals surface area contributed by atoms with E-state index in [1.54, 1.807) is 0 Å². The molecule has 176 valence electrons. The van der Waals surface area contributed by atoms with Crippen molar-refractivity contribution in [3.8, 4) is 0 Å². The van der Waals surface area contributed by atoms with Gasteiger partial charge in [0.05, 0.1) is 35.4 Å². The van der Waals surface area contributed by atoms with Gasteiger partial charge in [-0.25, -0.2) is 8.42 Å². The van der Waals surface area contributed by atoms with Crippen molar-refractivity contribution in [2.45, 2.75) is 63.8 Å². The highest BCUT2D eigenvalue weighted by atomic mass is 35.5. The Hall–Kier alpha value is -1.19. The maximum Gasteiger partial charge on any atom is 0.243 e. The number of benzene rings is 1. The van der Waals surface area contributed by atoms with Gasteiger partial charge in [-0.15, -0.1) is 0 Å². The summed E-state index contributed by atoms with van der Waals surface area (Å²) in [6.07, 6.45) is 5.38. The third-order valence-corrected chi connectivity index (χ3v) is 7.77. The number of sulfonamides is 1. The summed E-state index contributed by atoms with van der Waals surface area (Å²) in [5.74, 6) is -0.192. The third-order valence-electron chi connectivity index (χ3n) is 5.55. The smallest absolute Gasteiger partial charge is 0.243 e. The average Bonchev–Trinajstić information content (AvgIpc) is 2.75. The van der Waals surface area contributed by atoms with Crippen LogP contribution in [0.3, 0.4) is 0 Å². The molecular formula is C22H36ClN3O4S. The summed E-state index contributed by atoms with van der Waals surface area (Å²) in [5.41, 5.74) is 0.317. The molecule has 1 aromatic rings. The summed E-state index contributed by atoms with van der Waals surface area (Å²) in [6.45, 7) is 8.94. The van der Waals surface area contributed by atoms with Crippen LogP contribution < -0.4 is 5.32 Å². The van der Waals surface area contributed by atoms with E-state index in [1.807, 2.05) is 0 Å². The van der Waals surface area contributed by atoms with E-state index in [1.165, 1.54) is 22.5 Å². The van der Waals surface area contributed by atoms with Crippen LogP contribution in [0.25, 0.3) is 0 Å². The van der Waals surface area contributed by atoms with Crippen molar-refractivity contribution in [3.63, 3.8) is 0 Å². The van der Waals surface area contributed by atoms with Crippen LogP contribution in [0.15, 0.2) is 23.1 Å². The zero-order valence-electron chi connectivity index (χ0n) is 18.9. The van der Waals surface area contributed by atoms with E-state index in [2.05, 4.69) is 31.0 Å². The molecule has 7 nitrogen and oxygen atoms in total. The zero-order valence-corrected chi connectivity index (χ0v) is 20.5. The van der Waals surface area contributed by atoms with Gasteiger partial charge in [0.25, 0.3) is 0 Å². The van der Waals surface area contributed by atoms with Gasteiger partial charge in [0.1, 0.15) is 0 Å². The molecule has 0 saturated carbocycles. The van der Waals surface area contributed by atoms with Crippen molar-refractivity contribution >= 4 is 33.2 Å². The van der Waals surface area contributed by atoms with E-state index in [-0.39, 0.29) is 17.3 Å². The summed E-state index contributed by atoms with van der Waals surface area (Å²) in [7, 11) is -3.66. The maximum atomic E-state index is 12.9. The van der Waals surface area contributed by atoms with Crippen LogP contribution in [0.5, 0.6) is 0 Å². The van der Waals surface area contributed by atoms with Crippen LogP contribution in [-0.2, 0) is 19.6 Å². The second-order valence-corrected chi connectivity index (χ2v) is 10.4. The minimum atomic E-state index is -3.66. The van der Waals surface area contributed by atoms with Gasteiger partial charge in [-0.1, -0.05) is 44.7 Å². The van der Waals surface area contributed by atoms with E-state index < -0.39 is 10.0 Å². The fraction of sp³-hybridized carbons (Fsp3) is 0.682. The van der Waals surface area contributed by atoms with E-state index in [0.717, 1.165) is 38.6 Å². The van der Waals surface area contributed by atoms with Crippen LogP contribution in [-0.4, -0.2) is 69.0 Å². The molecule has 31 heavy (non-hydrogen) atoms. The number of hydrogen-bond donors (Lipinski definition) is 1. The fourth-order valence-electron chi connectivity index (χ4n) is 3.69. The summed E-state index contributed by atoms with van der Waals surface area (Å²) >= 11 is 6.27. The average molecular weight is 474 g/mol. The van der Waals surface area contributed by atoms with Gasteiger partial charge >= 0.3 is 0 Å². The number of morpholine rings is 1. The number of carbonyl (C=O) groups is 1. The molecule has 1 atom stereocenters. The lowest BCUT2D eigenvalue weighted by molar-refractivity contribution is -0.117. The zero-order chi connectivity index (χ0) is 22.9. The van der Waals surface area contributed by atoms with Crippen LogP contribution in [0.2, 0.25) is 5.02 Å². The second-order valence-electron chi connectivity index (χ2n) is 8.02. The Balaban J connectivity index is 2.11. The minimum Gasteiger partial charge on any atom is -0.379 e. The molecule has 1 heterocycles. The van der Waals surface area contributed by atoms with Gasteiger partial charge in [0.15, 0.2) is 0 Å². The molecule has 0 bridgehead atoms. The van der Waals surface area contributed by atoms with Crippen LogP contribution >= 0.6 is 11.6 Å². The SMILES string of the molecule is CCCCCN(CC(=O)Nc1cc(S(=O)(=O)N2CCOCC2)ccc1Cl)C(C)CCC. The molecule has 0 radical (unpaired) electrons. The molecule has 9 heteroatoms. The lowest BCUT2D eigenvalue weighted by Gasteiger charge is -2.28. The number of nitrogens with zero attached hydrogens (tertiary/aromatic N) is 2. The van der Waals surface area contributed by atoms with Crippen molar-refractivity contribution in [1.29, 1.82) is 0 Å². The van der Waals surface area contributed by atoms with E-state index in [0.29, 0.717) is 43.1 Å². The molecular weight excluding hydrogens is 438 g/mol. The van der Waals surface area contributed by atoms with Crippen molar-refractivity contribution in [1.82, 2.24) is 9.21 Å². The number of rotatable bonds is 12. The number of halogens is 1. The van der Waals surface area contributed by atoms with E-state index in [9.17, 15) is 13.2 Å². The monoisotopic (exact) mass is 473 g/mol. The largest absolute Gasteiger partial charge is 0.379 e. The Kier molecular flexibility index (Phi) is 10.7. The molecule has 1 fully saturated rings. The Bertz CT molecular complexity index is 813. The molecule has 1 N–H and O–H groups in total. The number of hydrogen-bond acceptors (Lipinski definition) is 5. The molecule has 2 rings (SSSR count). The van der Waals surface area contributed by atoms with Gasteiger partial charge < -0.3 is 10.1 Å². The van der Waals surface area contributed by atoms with Crippen molar-refractivity contribution in [3.05, 3.63) is 23.2 Å². The minimum absolute atomic E-state index is 0.119. The number of ether oxygens (including phenoxy) is 1. The number of amides is 1. The molecule has 0 aliphatic carbocycles. The van der Waals surface area contributed by atoms with Gasteiger partial charge in [0, 0.05) is 19.1 Å². The van der Waals surface area contributed by atoms with E-state index in [4.69, 9.17) is 16.3 Å². The predicted octanol–water partition coefficient (Wildman–Crippen LogP) is 3.98. The molecule has 1 aliphatic heterocycles. The molecule has 1 unspecified atom stereocenters. The van der Waals surface area contributed by atoms with Gasteiger partial charge in [0.2, 0.25) is 15.9 Å². The standard InChI is InChI=1S/C22H36ClN3O4S/c1-4-6-7-11-25(18(3)8-5-2)17-22(27)24-21-16-19(9-10-20(21)23)31(28,29)26-12-14-30-15-13-26/h9-10,16,18H,4-8,11-15,17H2,1-3H3,(H,24,27).